The van der Waals surface area contributed by atoms with Gasteiger partial charge in [0.15, 0.2) is 0 Å². The quantitative estimate of drug-likeness (QED) is 0.932. The number of likely N-dealkylation sites (tertiary alicyclic amines) is 1. The molecule has 1 saturated heterocycles. The van der Waals surface area contributed by atoms with Crippen molar-refractivity contribution in [3.63, 3.8) is 0 Å². The molecule has 0 radical (unpaired) electrons. The van der Waals surface area contributed by atoms with Crippen LogP contribution in [0.3, 0.4) is 0 Å². The summed E-state index contributed by atoms with van der Waals surface area (Å²) in [6.07, 6.45) is 2.27. The molecule has 0 bridgehead atoms. The summed E-state index contributed by atoms with van der Waals surface area (Å²) in [6.45, 7) is 8.13. The molecule has 0 aromatic heterocycles. The number of piperidine rings is 1. The maximum absolute atomic E-state index is 12.8. The Bertz CT molecular complexity index is 588. The molecule has 126 valence electrons. The third kappa shape index (κ3) is 2.68. The molecule has 2 unspecified atom stereocenters. The van der Waals surface area contributed by atoms with Crippen LogP contribution in [-0.4, -0.2) is 47.8 Å². The van der Waals surface area contributed by atoms with E-state index >= 15 is 0 Å². The third-order valence-corrected chi connectivity index (χ3v) is 5.93. The summed E-state index contributed by atoms with van der Waals surface area (Å²) in [7, 11) is 0. The number of rotatable bonds is 3. The number of carbonyl (C=O) groups excluding carboxylic acids is 1. The molecule has 1 aliphatic heterocycles. The number of ether oxygens (including phenoxy) is 1. The zero-order chi connectivity index (χ0) is 16.6. The lowest BCUT2D eigenvalue weighted by atomic mass is 9.58. The number of carbonyl (C=O) groups is 1. The Kier molecular flexibility index (Phi) is 4.47. The molecule has 1 spiro atoms. The number of aliphatic hydroxyl groups is 1. The van der Waals surface area contributed by atoms with Crippen molar-refractivity contribution in [3.8, 4) is 0 Å². The van der Waals surface area contributed by atoms with E-state index in [2.05, 4.69) is 0 Å². The van der Waals surface area contributed by atoms with Crippen LogP contribution in [0.1, 0.15) is 47.7 Å². The minimum atomic E-state index is -0.281. The van der Waals surface area contributed by atoms with E-state index in [-0.39, 0.29) is 23.5 Å². The van der Waals surface area contributed by atoms with Gasteiger partial charge in [0.2, 0.25) is 0 Å². The maximum Gasteiger partial charge on any atom is 0.254 e. The number of amides is 1. The molecule has 3 rings (SSSR count). The van der Waals surface area contributed by atoms with Gasteiger partial charge in [0, 0.05) is 37.1 Å². The number of hydrogen-bond acceptors (Lipinski definition) is 3. The number of aliphatic hydroxyl groups excluding tert-OH is 1. The normalized spacial score (nSPS) is 26.2. The summed E-state index contributed by atoms with van der Waals surface area (Å²) in [6, 6.07) is 5.90. The lowest BCUT2D eigenvalue weighted by Crippen LogP contribution is -2.62. The first-order valence-corrected chi connectivity index (χ1v) is 8.64. The lowest BCUT2D eigenvalue weighted by Gasteiger charge is -2.56. The second kappa shape index (κ2) is 6.25. The van der Waals surface area contributed by atoms with E-state index in [0.717, 1.165) is 36.0 Å². The molecule has 2 aliphatic rings. The molecule has 2 fully saturated rings. The Morgan fingerprint density at radius 2 is 2.04 bits per heavy atom. The first-order chi connectivity index (χ1) is 11.0. The summed E-state index contributed by atoms with van der Waals surface area (Å²) < 4.78 is 5.79. The molecule has 1 N–H and O–H groups in total. The van der Waals surface area contributed by atoms with E-state index in [1.807, 2.05) is 43.9 Å². The van der Waals surface area contributed by atoms with Gasteiger partial charge in [-0.3, -0.25) is 4.79 Å². The predicted octanol–water partition coefficient (Wildman–Crippen LogP) is 2.70. The summed E-state index contributed by atoms with van der Waals surface area (Å²) >= 11 is 0. The zero-order valence-electron chi connectivity index (χ0n) is 14.3. The van der Waals surface area contributed by atoms with E-state index in [1.165, 1.54) is 0 Å². The van der Waals surface area contributed by atoms with Crippen molar-refractivity contribution in [3.05, 3.63) is 34.9 Å². The molecule has 1 saturated carbocycles. The average Bonchev–Trinajstić information content (AvgIpc) is 2.57. The molecule has 1 amide bonds. The van der Waals surface area contributed by atoms with Crippen molar-refractivity contribution in [1.29, 1.82) is 0 Å². The van der Waals surface area contributed by atoms with E-state index < -0.39 is 0 Å². The monoisotopic (exact) mass is 317 g/mol. The minimum Gasteiger partial charge on any atom is -0.392 e. The maximum atomic E-state index is 12.8. The van der Waals surface area contributed by atoms with Crippen LogP contribution in [-0.2, 0) is 4.74 Å². The summed E-state index contributed by atoms with van der Waals surface area (Å²) in [4.78, 5) is 14.7. The molecule has 4 heteroatoms. The highest BCUT2D eigenvalue weighted by molar-refractivity contribution is 5.96. The summed E-state index contributed by atoms with van der Waals surface area (Å²) in [5.74, 6) is 0.114. The van der Waals surface area contributed by atoms with Crippen LogP contribution in [0.2, 0.25) is 0 Å². The SMILES string of the molecule is CCOC1CC(O)C12CCN(C(=O)c1cccc(C)c1C)CC2. The van der Waals surface area contributed by atoms with Crippen LogP contribution in [0, 0.1) is 19.3 Å². The molecule has 4 nitrogen and oxygen atoms in total. The number of aryl methyl sites for hydroxylation is 1. The van der Waals surface area contributed by atoms with Crippen LogP contribution < -0.4 is 0 Å². The Morgan fingerprint density at radius 3 is 2.65 bits per heavy atom. The van der Waals surface area contributed by atoms with Gasteiger partial charge in [-0.25, -0.2) is 0 Å². The van der Waals surface area contributed by atoms with Gasteiger partial charge in [0.05, 0.1) is 12.2 Å². The topological polar surface area (TPSA) is 49.8 Å². The summed E-state index contributed by atoms with van der Waals surface area (Å²) in [5.41, 5.74) is 2.88. The second-order valence-corrected chi connectivity index (χ2v) is 6.97. The fraction of sp³-hybridized carbons (Fsp3) is 0.632. The predicted molar refractivity (Wildman–Crippen MR) is 89.5 cm³/mol. The van der Waals surface area contributed by atoms with Crippen molar-refractivity contribution in [2.24, 2.45) is 5.41 Å². The number of hydrogen-bond donors (Lipinski definition) is 1. The third-order valence-electron chi connectivity index (χ3n) is 5.93. The van der Waals surface area contributed by atoms with Gasteiger partial charge in [-0.2, -0.15) is 0 Å². The first-order valence-electron chi connectivity index (χ1n) is 8.64. The van der Waals surface area contributed by atoms with Gasteiger partial charge < -0.3 is 14.7 Å². The highest BCUT2D eigenvalue weighted by atomic mass is 16.5. The number of benzene rings is 1. The molecule has 23 heavy (non-hydrogen) atoms. The number of nitrogens with zero attached hydrogens (tertiary/aromatic N) is 1. The molecule has 1 aromatic carbocycles. The van der Waals surface area contributed by atoms with E-state index in [1.54, 1.807) is 0 Å². The fourth-order valence-corrected chi connectivity index (χ4v) is 4.10. The van der Waals surface area contributed by atoms with E-state index in [0.29, 0.717) is 19.7 Å². The van der Waals surface area contributed by atoms with Crippen molar-refractivity contribution in [2.45, 2.75) is 52.2 Å². The lowest BCUT2D eigenvalue weighted by molar-refractivity contribution is -0.207. The standard InChI is InChI=1S/C19H27NO3/c1-4-23-17-12-16(21)19(17)8-10-20(11-9-19)18(22)15-7-5-6-13(2)14(15)3/h5-7,16-17,21H,4,8-12H2,1-3H3. The highest BCUT2D eigenvalue weighted by Crippen LogP contribution is 2.51. The fourth-order valence-electron chi connectivity index (χ4n) is 4.10. The smallest absolute Gasteiger partial charge is 0.254 e. The zero-order valence-corrected chi connectivity index (χ0v) is 14.3. The Labute approximate surface area is 138 Å². The van der Waals surface area contributed by atoms with Gasteiger partial charge in [-0.15, -0.1) is 0 Å². The van der Waals surface area contributed by atoms with Crippen LogP contribution >= 0.6 is 0 Å². The van der Waals surface area contributed by atoms with Crippen LogP contribution in [0.15, 0.2) is 18.2 Å². The van der Waals surface area contributed by atoms with Crippen molar-refractivity contribution in [2.75, 3.05) is 19.7 Å². The molecule has 1 aromatic rings. The van der Waals surface area contributed by atoms with Gasteiger partial charge in [0.1, 0.15) is 0 Å². The Hall–Kier alpha value is -1.39. The largest absolute Gasteiger partial charge is 0.392 e. The van der Waals surface area contributed by atoms with Crippen molar-refractivity contribution < 1.29 is 14.6 Å². The first kappa shape index (κ1) is 16.5. The second-order valence-electron chi connectivity index (χ2n) is 6.97. The van der Waals surface area contributed by atoms with E-state index in [9.17, 15) is 9.90 Å². The molecular formula is C19H27NO3. The van der Waals surface area contributed by atoms with Gasteiger partial charge >= 0.3 is 0 Å². The van der Waals surface area contributed by atoms with Gasteiger partial charge in [-0.1, -0.05) is 12.1 Å². The van der Waals surface area contributed by atoms with Gasteiger partial charge in [0.25, 0.3) is 5.91 Å². The minimum absolute atomic E-state index is 0.114. The van der Waals surface area contributed by atoms with Crippen molar-refractivity contribution in [1.82, 2.24) is 4.90 Å². The Balaban J connectivity index is 1.69. The Morgan fingerprint density at radius 1 is 1.35 bits per heavy atom. The molecule has 2 atom stereocenters. The summed E-state index contributed by atoms with van der Waals surface area (Å²) in [5, 5.41) is 10.3. The molecule has 1 aliphatic carbocycles. The van der Waals surface area contributed by atoms with Crippen LogP contribution in [0.4, 0.5) is 0 Å². The van der Waals surface area contributed by atoms with Crippen molar-refractivity contribution >= 4 is 5.91 Å². The molecular weight excluding hydrogens is 290 g/mol. The van der Waals surface area contributed by atoms with Crippen LogP contribution in [0.25, 0.3) is 0 Å². The van der Waals surface area contributed by atoms with Crippen LogP contribution in [0.5, 0.6) is 0 Å². The van der Waals surface area contributed by atoms with E-state index in [4.69, 9.17) is 4.74 Å². The van der Waals surface area contributed by atoms with Gasteiger partial charge in [-0.05, 0) is 50.8 Å². The molecule has 1 heterocycles. The average molecular weight is 317 g/mol. The highest BCUT2D eigenvalue weighted by Gasteiger charge is 2.56.